The molecule has 1 aromatic rings. The maximum atomic E-state index is 9.15. The van der Waals surface area contributed by atoms with Gasteiger partial charge in [-0.05, 0) is 40.9 Å². The highest BCUT2D eigenvalue weighted by Gasteiger charge is 2.33. The molecular formula is C11H18BrNOS. The summed E-state index contributed by atoms with van der Waals surface area (Å²) in [5.41, 5.74) is 6.05. The standard InChI is InChI=1S/C11H18BrNOS/c1-3-8(13)11(2,6-7-14)9-4-5-10(12)15-9/h4-5,8,14H,3,6-7,13H2,1-2H3. The van der Waals surface area contributed by atoms with E-state index in [2.05, 4.69) is 35.8 Å². The van der Waals surface area contributed by atoms with Crippen LogP contribution in [0.25, 0.3) is 0 Å². The van der Waals surface area contributed by atoms with Crippen LogP contribution >= 0.6 is 27.3 Å². The van der Waals surface area contributed by atoms with Crippen molar-refractivity contribution in [2.75, 3.05) is 6.61 Å². The molecule has 1 rings (SSSR count). The molecule has 0 amide bonds. The summed E-state index contributed by atoms with van der Waals surface area (Å²) in [7, 11) is 0. The molecule has 0 aliphatic carbocycles. The van der Waals surface area contributed by atoms with Crippen molar-refractivity contribution >= 4 is 27.3 Å². The van der Waals surface area contributed by atoms with Crippen molar-refractivity contribution in [3.63, 3.8) is 0 Å². The van der Waals surface area contributed by atoms with Crippen LogP contribution in [0.3, 0.4) is 0 Å². The van der Waals surface area contributed by atoms with E-state index < -0.39 is 0 Å². The van der Waals surface area contributed by atoms with Crippen LogP contribution in [0.15, 0.2) is 15.9 Å². The summed E-state index contributed by atoms with van der Waals surface area (Å²) < 4.78 is 1.12. The highest BCUT2D eigenvalue weighted by Crippen LogP contribution is 2.37. The Labute approximate surface area is 104 Å². The summed E-state index contributed by atoms with van der Waals surface area (Å²) in [6.07, 6.45) is 1.64. The van der Waals surface area contributed by atoms with Crippen molar-refractivity contribution < 1.29 is 5.11 Å². The zero-order valence-corrected chi connectivity index (χ0v) is 11.6. The van der Waals surface area contributed by atoms with Crippen LogP contribution < -0.4 is 5.73 Å². The number of aliphatic hydroxyl groups excluding tert-OH is 1. The Balaban J connectivity index is 3.00. The van der Waals surface area contributed by atoms with Crippen LogP contribution in [0.2, 0.25) is 0 Å². The third-order valence-electron chi connectivity index (χ3n) is 3.03. The monoisotopic (exact) mass is 291 g/mol. The SMILES string of the molecule is CCC(N)C(C)(CCO)c1ccc(Br)s1. The highest BCUT2D eigenvalue weighted by molar-refractivity contribution is 9.11. The molecule has 2 nitrogen and oxygen atoms in total. The first-order valence-electron chi connectivity index (χ1n) is 5.17. The normalized spacial score (nSPS) is 17.4. The minimum absolute atomic E-state index is 0.0928. The number of hydrogen-bond donors (Lipinski definition) is 2. The van der Waals surface area contributed by atoms with Crippen LogP contribution in [-0.4, -0.2) is 17.8 Å². The average Bonchev–Trinajstić information content (AvgIpc) is 2.64. The van der Waals surface area contributed by atoms with Crippen LogP contribution in [0.4, 0.5) is 0 Å². The molecule has 0 saturated carbocycles. The van der Waals surface area contributed by atoms with Gasteiger partial charge in [-0.15, -0.1) is 11.3 Å². The smallest absolute Gasteiger partial charge is 0.0701 e. The van der Waals surface area contributed by atoms with Crippen molar-refractivity contribution in [1.29, 1.82) is 0 Å². The van der Waals surface area contributed by atoms with Crippen LogP contribution in [0.5, 0.6) is 0 Å². The van der Waals surface area contributed by atoms with Crippen LogP contribution in [0, 0.1) is 0 Å². The Morgan fingerprint density at radius 1 is 1.60 bits per heavy atom. The second kappa shape index (κ2) is 5.43. The predicted octanol–water partition coefficient (Wildman–Crippen LogP) is 2.89. The van der Waals surface area contributed by atoms with E-state index in [1.165, 1.54) is 4.88 Å². The predicted molar refractivity (Wildman–Crippen MR) is 69.3 cm³/mol. The fraction of sp³-hybridized carbons (Fsp3) is 0.636. The van der Waals surface area contributed by atoms with E-state index in [-0.39, 0.29) is 18.1 Å². The third kappa shape index (κ3) is 2.81. The van der Waals surface area contributed by atoms with Gasteiger partial charge in [0.05, 0.1) is 3.79 Å². The molecule has 3 N–H and O–H groups in total. The number of nitrogens with two attached hydrogens (primary N) is 1. The Kier molecular flexibility index (Phi) is 4.77. The highest BCUT2D eigenvalue weighted by atomic mass is 79.9. The maximum absolute atomic E-state index is 9.15. The first kappa shape index (κ1) is 13.2. The van der Waals surface area contributed by atoms with Gasteiger partial charge in [0.25, 0.3) is 0 Å². The lowest BCUT2D eigenvalue weighted by Crippen LogP contribution is -2.42. The lowest BCUT2D eigenvalue weighted by Gasteiger charge is -2.33. The van der Waals surface area contributed by atoms with Crippen LogP contribution in [-0.2, 0) is 5.41 Å². The molecule has 2 atom stereocenters. The summed E-state index contributed by atoms with van der Waals surface area (Å²) in [6.45, 7) is 4.40. The van der Waals surface area contributed by atoms with Gasteiger partial charge in [-0.25, -0.2) is 0 Å². The van der Waals surface area contributed by atoms with E-state index >= 15 is 0 Å². The summed E-state index contributed by atoms with van der Waals surface area (Å²) in [5, 5.41) is 9.15. The lowest BCUT2D eigenvalue weighted by atomic mass is 9.77. The van der Waals surface area contributed by atoms with Gasteiger partial charge in [-0.1, -0.05) is 13.8 Å². The topological polar surface area (TPSA) is 46.2 Å². The second-order valence-electron chi connectivity index (χ2n) is 4.01. The van der Waals surface area contributed by atoms with Gasteiger partial charge in [-0.3, -0.25) is 0 Å². The number of aliphatic hydroxyl groups is 1. The van der Waals surface area contributed by atoms with Crippen molar-refractivity contribution in [3.8, 4) is 0 Å². The minimum atomic E-state index is -0.111. The molecule has 0 spiro atoms. The van der Waals surface area contributed by atoms with E-state index in [1.54, 1.807) is 11.3 Å². The Hall–Kier alpha value is 0.1000. The van der Waals surface area contributed by atoms with E-state index in [9.17, 15) is 0 Å². The Morgan fingerprint density at radius 2 is 2.27 bits per heavy atom. The van der Waals surface area contributed by atoms with Gasteiger partial charge < -0.3 is 10.8 Å². The first-order valence-corrected chi connectivity index (χ1v) is 6.77. The molecule has 0 radical (unpaired) electrons. The number of thiophene rings is 1. The summed E-state index contributed by atoms with van der Waals surface area (Å²) >= 11 is 5.17. The minimum Gasteiger partial charge on any atom is -0.396 e. The lowest BCUT2D eigenvalue weighted by molar-refractivity contribution is 0.225. The van der Waals surface area contributed by atoms with Gasteiger partial charge >= 0.3 is 0 Å². The van der Waals surface area contributed by atoms with Gasteiger partial charge in [-0.2, -0.15) is 0 Å². The molecule has 0 saturated heterocycles. The summed E-state index contributed by atoms with van der Waals surface area (Å²) in [6, 6.07) is 4.23. The van der Waals surface area contributed by atoms with Gasteiger partial charge in [0.2, 0.25) is 0 Å². The van der Waals surface area contributed by atoms with E-state index in [0.717, 1.165) is 16.6 Å². The fourth-order valence-corrected chi connectivity index (χ4v) is 3.42. The van der Waals surface area contributed by atoms with Gasteiger partial charge in [0.1, 0.15) is 0 Å². The number of rotatable bonds is 5. The van der Waals surface area contributed by atoms with E-state index in [4.69, 9.17) is 10.8 Å². The molecule has 0 aromatic carbocycles. The van der Waals surface area contributed by atoms with Crippen molar-refractivity contribution in [2.45, 2.75) is 38.1 Å². The van der Waals surface area contributed by atoms with Crippen molar-refractivity contribution in [2.24, 2.45) is 5.73 Å². The second-order valence-corrected chi connectivity index (χ2v) is 6.47. The molecule has 4 heteroatoms. The molecule has 2 unspecified atom stereocenters. The van der Waals surface area contributed by atoms with E-state index in [0.29, 0.717) is 0 Å². The first-order chi connectivity index (χ1) is 7.04. The zero-order valence-electron chi connectivity index (χ0n) is 9.16. The third-order valence-corrected chi connectivity index (χ3v) is 4.93. The molecule has 86 valence electrons. The molecule has 0 aliphatic heterocycles. The number of hydrogen-bond acceptors (Lipinski definition) is 3. The van der Waals surface area contributed by atoms with E-state index in [1.807, 2.05) is 6.07 Å². The molecule has 0 bridgehead atoms. The fourth-order valence-electron chi connectivity index (χ4n) is 1.80. The zero-order chi connectivity index (χ0) is 11.5. The molecular weight excluding hydrogens is 274 g/mol. The van der Waals surface area contributed by atoms with Crippen molar-refractivity contribution in [1.82, 2.24) is 0 Å². The van der Waals surface area contributed by atoms with Gasteiger partial charge in [0, 0.05) is 22.9 Å². The quantitative estimate of drug-likeness (QED) is 0.876. The Morgan fingerprint density at radius 3 is 2.67 bits per heavy atom. The van der Waals surface area contributed by atoms with Gasteiger partial charge in [0.15, 0.2) is 0 Å². The molecule has 0 fully saturated rings. The summed E-state index contributed by atoms with van der Waals surface area (Å²) in [4.78, 5) is 1.25. The summed E-state index contributed by atoms with van der Waals surface area (Å²) in [5.74, 6) is 0. The molecule has 0 aliphatic rings. The molecule has 15 heavy (non-hydrogen) atoms. The molecule has 1 aromatic heterocycles. The maximum Gasteiger partial charge on any atom is 0.0701 e. The Bertz CT molecular complexity index is 315. The van der Waals surface area contributed by atoms with Crippen LogP contribution in [0.1, 0.15) is 31.6 Å². The van der Waals surface area contributed by atoms with Crippen molar-refractivity contribution in [3.05, 3.63) is 20.8 Å². The number of halogens is 1. The average molecular weight is 292 g/mol. The largest absolute Gasteiger partial charge is 0.396 e. The molecule has 1 heterocycles.